The summed E-state index contributed by atoms with van der Waals surface area (Å²) >= 11 is 0. The Morgan fingerprint density at radius 2 is 2.31 bits per heavy atom. The van der Waals surface area contributed by atoms with Gasteiger partial charge in [0.2, 0.25) is 0 Å². The van der Waals surface area contributed by atoms with Gasteiger partial charge in [-0.05, 0) is 31.2 Å². The molecule has 2 atom stereocenters. The van der Waals surface area contributed by atoms with E-state index in [9.17, 15) is 5.11 Å². The minimum atomic E-state index is 0.342. The normalized spacial score (nSPS) is 25.1. The summed E-state index contributed by atoms with van der Waals surface area (Å²) in [5.74, 6) is 2.22. The molecule has 16 heavy (non-hydrogen) atoms. The first-order valence-electron chi connectivity index (χ1n) is 6.09. The molecule has 4 heteroatoms. The maximum atomic E-state index is 9.22. The maximum absolute atomic E-state index is 9.22. The molecular formula is C12H21N3O. The van der Waals surface area contributed by atoms with Gasteiger partial charge >= 0.3 is 0 Å². The van der Waals surface area contributed by atoms with E-state index in [0.717, 1.165) is 18.9 Å². The Kier molecular flexibility index (Phi) is 3.96. The van der Waals surface area contributed by atoms with E-state index in [1.807, 2.05) is 24.0 Å². The number of rotatable bonds is 5. The highest BCUT2D eigenvalue weighted by Crippen LogP contribution is 2.30. The van der Waals surface area contributed by atoms with Gasteiger partial charge in [0.25, 0.3) is 0 Å². The van der Waals surface area contributed by atoms with Crippen molar-refractivity contribution in [2.24, 2.45) is 18.9 Å². The van der Waals surface area contributed by atoms with Crippen molar-refractivity contribution in [2.75, 3.05) is 13.2 Å². The van der Waals surface area contributed by atoms with Crippen molar-refractivity contribution in [2.45, 2.75) is 25.8 Å². The second-order valence-electron chi connectivity index (χ2n) is 4.72. The molecule has 0 aliphatic heterocycles. The molecule has 1 saturated carbocycles. The molecule has 4 nitrogen and oxygen atoms in total. The zero-order chi connectivity index (χ0) is 11.4. The van der Waals surface area contributed by atoms with Crippen LogP contribution in [0.15, 0.2) is 12.4 Å². The Balaban J connectivity index is 1.74. The highest BCUT2D eigenvalue weighted by atomic mass is 16.3. The monoisotopic (exact) mass is 223 g/mol. The third kappa shape index (κ3) is 2.62. The first-order chi connectivity index (χ1) is 7.81. The van der Waals surface area contributed by atoms with Gasteiger partial charge in [0, 0.05) is 26.0 Å². The third-order valence-corrected chi connectivity index (χ3v) is 3.66. The van der Waals surface area contributed by atoms with E-state index in [1.165, 1.54) is 19.3 Å². The van der Waals surface area contributed by atoms with Crippen molar-refractivity contribution in [1.82, 2.24) is 14.9 Å². The van der Waals surface area contributed by atoms with E-state index in [2.05, 4.69) is 10.3 Å². The lowest BCUT2D eigenvalue weighted by Crippen LogP contribution is -2.27. The highest BCUT2D eigenvalue weighted by Gasteiger charge is 2.25. The molecule has 1 aliphatic rings. The number of aliphatic hydroxyl groups is 1. The Labute approximate surface area is 96.7 Å². The number of aliphatic hydroxyl groups excluding tert-OH is 1. The summed E-state index contributed by atoms with van der Waals surface area (Å²) in [6, 6.07) is 0. The second kappa shape index (κ2) is 5.46. The van der Waals surface area contributed by atoms with Crippen LogP contribution in [-0.4, -0.2) is 27.8 Å². The molecule has 0 spiro atoms. The van der Waals surface area contributed by atoms with Crippen LogP contribution >= 0.6 is 0 Å². The lowest BCUT2D eigenvalue weighted by Gasteiger charge is -2.17. The minimum Gasteiger partial charge on any atom is -0.396 e. The topological polar surface area (TPSA) is 50.1 Å². The van der Waals surface area contributed by atoms with Crippen LogP contribution in [0.5, 0.6) is 0 Å². The van der Waals surface area contributed by atoms with Crippen LogP contribution in [0.2, 0.25) is 0 Å². The third-order valence-electron chi connectivity index (χ3n) is 3.66. The van der Waals surface area contributed by atoms with Crippen LogP contribution in [0.4, 0.5) is 0 Å². The van der Waals surface area contributed by atoms with Crippen molar-refractivity contribution in [3.05, 3.63) is 18.2 Å². The smallest absolute Gasteiger partial charge is 0.122 e. The Hall–Kier alpha value is -0.870. The van der Waals surface area contributed by atoms with Gasteiger partial charge in [-0.3, -0.25) is 0 Å². The quantitative estimate of drug-likeness (QED) is 0.780. The number of hydrogen-bond acceptors (Lipinski definition) is 3. The number of aryl methyl sites for hydroxylation is 1. The molecule has 1 fully saturated rings. The number of hydrogen-bond donors (Lipinski definition) is 2. The average molecular weight is 223 g/mol. The van der Waals surface area contributed by atoms with Crippen molar-refractivity contribution in [3.8, 4) is 0 Å². The van der Waals surface area contributed by atoms with Gasteiger partial charge in [0.1, 0.15) is 5.82 Å². The number of aromatic nitrogens is 2. The second-order valence-corrected chi connectivity index (χ2v) is 4.72. The van der Waals surface area contributed by atoms with Crippen LogP contribution < -0.4 is 5.32 Å². The van der Waals surface area contributed by atoms with Crippen LogP contribution in [0.3, 0.4) is 0 Å². The maximum Gasteiger partial charge on any atom is 0.122 e. The molecule has 2 rings (SSSR count). The largest absolute Gasteiger partial charge is 0.396 e. The molecule has 1 aromatic rings. The van der Waals surface area contributed by atoms with Gasteiger partial charge in [-0.15, -0.1) is 0 Å². The molecule has 1 aromatic heterocycles. The zero-order valence-corrected chi connectivity index (χ0v) is 9.89. The van der Waals surface area contributed by atoms with E-state index in [4.69, 9.17) is 0 Å². The highest BCUT2D eigenvalue weighted by molar-refractivity contribution is 4.90. The van der Waals surface area contributed by atoms with E-state index in [1.54, 1.807) is 0 Å². The SMILES string of the molecule is Cn1ccnc1CNCC1CCCC1CO. The summed E-state index contributed by atoms with van der Waals surface area (Å²) in [6.07, 6.45) is 7.48. The summed E-state index contributed by atoms with van der Waals surface area (Å²) in [7, 11) is 2.01. The van der Waals surface area contributed by atoms with Crippen molar-refractivity contribution in [1.29, 1.82) is 0 Å². The van der Waals surface area contributed by atoms with Gasteiger partial charge in [-0.2, -0.15) is 0 Å². The lowest BCUT2D eigenvalue weighted by molar-refractivity contribution is 0.192. The summed E-state index contributed by atoms with van der Waals surface area (Å²) in [5.41, 5.74) is 0. The molecule has 0 saturated heterocycles. The van der Waals surface area contributed by atoms with E-state index in [0.29, 0.717) is 18.4 Å². The van der Waals surface area contributed by atoms with Gasteiger partial charge in [-0.25, -0.2) is 4.98 Å². The number of imidazole rings is 1. The van der Waals surface area contributed by atoms with Gasteiger partial charge in [0.05, 0.1) is 6.54 Å². The Morgan fingerprint density at radius 3 is 3.00 bits per heavy atom. The first-order valence-corrected chi connectivity index (χ1v) is 6.09. The number of nitrogens with one attached hydrogen (secondary N) is 1. The predicted octanol–water partition coefficient (Wildman–Crippen LogP) is 0.918. The molecule has 0 amide bonds. The standard InChI is InChI=1S/C12H21N3O/c1-15-6-5-14-12(15)8-13-7-10-3-2-4-11(10)9-16/h5-6,10-11,13,16H,2-4,7-9H2,1H3. The van der Waals surface area contributed by atoms with E-state index in [-0.39, 0.29) is 0 Å². The van der Waals surface area contributed by atoms with Crippen molar-refractivity contribution < 1.29 is 5.11 Å². The average Bonchev–Trinajstić information content (AvgIpc) is 2.88. The molecule has 90 valence electrons. The van der Waals surface area contributed by atoms with Gasteiger partial charge < -0.3 is 15.0 Å². The summed E-state index contributed by atoms with van der Waals surface area (Å²) < 4.78 is 2.03. The van der Waals surface area contributed by atoms with Crippen LogP contribution in [0.1, 0.15) is 25.1 Å². The van der Waals surface area contributed by atoms with Crippen molar-refractivity contribution in [3.63, 3.8) is 0 Å². The fourth-order valence-electron chi connectivity index (χ4n) is 2.56. The van der Waals surface area contributed by atoms with Crippen LogP contribution in [0, 0.1) is 11.8 Å². The summed E-state index contributed by atoms with van der Waals surface area (Å²) in [5, 5.41) is 12.7. The summed E-state index contributed by atoms with van der Waals surface area (Å²) in [4.78, 5) is 4.27. The first kappa shape index (κ1) is 11.6. The Bertz CT molecular complexity index is 324. The fourth-order valence-corrected chi connectivity index (χ4v) is 2.56. The van der Waals surface area contributed by atoms with Crippen LogP contribution in [-0.2, 0) is 13.6 Å². The van der Waals surface area contributed by atoms with Gasteiger partial charge in [0.15, 0.2) is 0 Å². The van der Waals surface area contributed by atoms with Gasteiger partial charge in [-0.1, -0.05) is 6.42 Å². The van der Waals surface area contributed by atoms with E-state index < -0.39 is 0 Å². The fraction of sp³-hybridized carbons (Fsp3) is 0.750. The Morgan fingerprint density at radius 1 is 1.50 bits per heavy atom. The molecule has 1 aliphatic carbocycles. The zero-order valence-electron chi connectivity index (χ0n) is 9.89. The lowest BCUT2D eigenvalue weighted by atomic mass is 9.97. The summed E-state index contributed by atoms with van der Waals surface area (Å²) in [6.45, 7) is 2.16. The number of nitrogens with zero attached hydrogens (tertiary/aromatic N) is 2. The van der Waals surface area contributed by atoms with Crippen LogP contribution in [0.25, 0.3) is 0 Å². The minimum absolute atomic E-state index is 0.342. The van der Waals surface area contributed by atoms with Crippen molar-refractivity contribution >= 4 is 0 Å². The molecule has 0 aromatic carbocycles. The molecule has 0 radical (unpaired) electrons. The molecular weight excluding hydrogens is 202 g/mol. The predicted molar refractivity (Wildman–Crippen MR) is 62.8 cm³/mol. The van der Waals surface area contributed by atoms with E-state index >= 15 is 0 Å². The molecule has 2 unspecified atom stereocenters. The molecule has 2 N–H and O–H groups in total. The molecule has 0 bridgehead atoms. The molecule has 1 heterocycles.